The van der Waals surface area contributed by atoms with E-state index in [1.165, 1.54) is 19.3 Å². The summed E-state index contributed by atoms with van der Waals surface area (Å²) in [5.74, 6) is -0.0166. The normalized spacial score (nSPS) is 17.0. The number of halogens is 1. The quantitative estimate of drug-likeness (QED) is 0.782. The summed E-state index contributed by atoms with van der Waals surface area (Å²) in [6.07, 6.45) is 4.71. The van der Waals surface area contributed by atoms with Crippen molar-refractivity contribution in [1.29, 1.82) is 0 Å². The van der Waals surface area contributed by atoms with E-state index in [0.717, 1.165) is 26.1 Å². The molecule has 1 aliphatic heterocycles. The standard InChI is InChI=1S/C15H23ClN2O2S/c16-15-7-4-6-14(12-15)13-21(19,20)17-8-5-11-18-9-2-1-3-10-18/h4,6-7,12,17H,1-3,5,8-11,13H2. The number of likely N-dealkylation sites (tertiary alicyclic amines) is 1. The van der Waals surface area contributed by atoms with Crippen LogP contribution in [0.1, 0.15) is 31.2 Å². The molecular weight excluding hydrogens is 308 g/mol. The number of piperidine rings is 1. The molecule has 0 aromatic heterocycles. The van der Waals surface area contributed by atoms with Gasteiger partial charge in [0.2, 0.25) is 10.0 Å². The van der Waals surface area contributed by atoms with Crippen molar-refractivity contribution in [3.05, 3.63) is 34.9 Å². The second-order valence-electron chi connectivity index (χ2n) is 5.54. The molecule has 1 saturated heterocycles. The zero-order valence-electron chi connectivity index (χ0n) is 12.2. The predicted octanol–water partition coefficient (Wildman–Crippen LogP) is 2.64. The van der Waals surface area contributed by atoms with Crippen LogP contribution in [0.2, 0.25) is 5.02 Å². The molecule has 1 aromatic carbocycles. The second-order valence-corrected chi connectivity index (χ2v) is 7.78. The molecule has 1 aliphatic rings. The maximum atomic E-state index is 12.0. The Labute approximate surface area is 132 Å². The first kappa shape index (κ1) is 16.7. The zero-order valence-corrected chi connectivity index (χ0v) is 13.8. The van der Waals surface area contributed by atoms with Gasteiger partial charge in [-0.1, -0.05) is 30.2 Å². The van der Waals surface area contributed by atoms with Crippen molar-refractivity contribution in [2.45, 2.75) is 31.4 Å². The van der Waals surface area contributed by atoms with E-state index in [0.29, 0.717) is 17.1 Å². The Balaban J connectivity index is 1.71. The van der Waals surface area contributed by atoms with Crippen LogP contribution in [0, 0.1) is 0 Å². The summed E-state index contributed by atoms with van der Waals surface area (Å²) in [6, 6.07) is 6.97. The average molecular weight is 331 g/mol. The van der Waals surface area contributed by atoms with Crippen molar-refractivity contribution in [3.63, 3.8) is 0 Å². The van der Waals surface area contributed by atoms with E-state index < -0.39 is 10.0 Å². The lowest BCUT2D eigenvalue weighted by molar-refractivity contribution is 0.227. The first-order valence-electron chi connectivity index (χ1n) is 7.49. The molecule has 0 radical (unpaired) electrons. The molecule has 0 saturated carbocycles. The van der Waals surface area contributed by atoms with E-state index in [9.17, 15) is 8.42 Å². The van der Waals surface area contributed by atoms with Crippen molar-refractivity contribution in [2.75, 3.05) is 26.2 Å². The van der Waals surface area contributed by atoms with Gasteiger partial charge in [0.15, 0.2) is 0 Å². The number of nitrogens with zero attached hydrogens (tertiary/aromatic N) is 1. The van der Waals surface area contributed by atoms with Crippen LogP contribution in [0.3, 0.4) is 0 Å². The molecule has 6 heteroatoms. The molecule has 1 fully saturated rings. The summed E-state index contributed by atoms with van der Waals surface area (Å²) in [7, 11) is -3.28. The SMILES string of the molecule is O=S(=O)(Cc1cccc(Cl)c1)NCCCN1CCCCC1. The van der Waals surface area contributed by atoms with Gasteiger partial charge >= 0.3 is 0 Å². The Morgan fingerprint density at radius 3 is 2.67 bits per heavy atom. The van der Waals surface area contributed by atoms with E-state index in [1.54, 1.807) is 24.3 Å². The summed E-state index contributed by atoms with van der Waals surface area (Å²) in [6.45, 7) is 3.77. The minimum absolute atomic E-state index is 0.0166. The van der Waals surface area contributed by atoms with Crippen molar-refractivity contribution in [3.8, 4) is 0 Å². The highest BCUT2D eigenvalue weighted by molar-refractivity contribution is 7.88. The summed E-state index contributed by atoms with van der Waals surface area (Å²) < 4.78 is 26.7. The van der Waals surface area contributed by atoms with Crippen LogP contribution in [0.15, 0.2) is 24.3 Å². The highest BCUT2D eigenvalue weighted by Crippen LogP contribution is 2.13. The molecule has 0 spiro atoms. The van der Waals surface area contributed by atoms with Crippen LogP contribution in [0.4, 0.5) is 0 Å². The fourth-order valence-electron chi connectivity index (χ4n) is 2.61. The van der Waals surface area contributed by atoms with Gasteiger partial charge in [-0.05, 0) is 56.6 Å². The Morgan fingerprint density at radius 1 is 1.19 bits per heavy atom. The molecule has 2 rings (SSSR count). The van der Waals surface area contributed by atoms with Crippen molar-refractivity contribution >= 4 is 21.6 Å². The van der Waals surface area contributed by atoms with Crippen LogP contribution in [0.5, 0.6) is 0 Å². The Bertz CT molecular complexity index is 542. The summed E-state index contributed by atoms with van der Waals surface area (Å²) >= 11 is 5.87. The van der Waals surface area contributed by atoms with Gasteiger partial charge in [-0.2, -0.15) is 0 Å². The van der Waals surface area contributed by atoms with Gasteiger partial charge in [0.25, 0.3) is 0 Å². The van der Waals surface area contributed by atoms with Gasteiger partial charge in [0, 0.05) is 11.6 Å². The lowest BCUT2D eigenvalue weighted by Gasteiger charge is -2.26. The smallest absolute Gasteiger partial charge is 0.215 e. The minimum atomic E-state index is -3.28. The molecule has 1 heterocycles. The monoisotopic (exact) mass is 330 g/mol. The number of hydrogen-bond acceptors (Lipinski definition) is 3. The highest BCUT2D eigenvalue weighted by Gasteiger charge is 2.12. The van der Waals surface area contributed by atoms with Crippen LogP contribution in [0.25, 0.3) is 0 Å². The molecule has 0 amide bonds. The summed E-state index contributed by atoms with van der Waals surface area (Å²) in [4.78, 5) is 2.41. The van der Waals surface area contributed by atoms with Gasteiger partial charge in [-0.25, -0.2) is 13.1 Å². The Morgan fingerprint density at radius 2 is 1.95 bits per heavy atom. The van der Waals surface area contributed by atoms with Crippen LogP contribution in [-0.4, -0.2) is 39.5 Å². The fourth-order valence-corrected chi connectivity index (χ4v) is 4.00. The third-order valence-electron chi connectivity index (χ3n) is 3.67. The van der Waals surface area contributed by atoms with Gasteiger partial charge in [-0.15, -0.1) is 0 Å². The number of nitrogens with one attached hydrogen (secondary N) is 1. The molecule has 118 valence electrons. The Hall–Kier alpha value is -0.620. The van der Waals surface area contributed by atoms with Crippen molar-refractivity contribution in [1.82, 2.24) is 9.62 Å². The first-order chi connectivity index (χ1) is 10.1. The van der Waals surface area contributed by atoms with Crippen LogP contribution >= 0.6 is 11.6 Å². The van der Waals surface area contributed by atoms with E-state index >= 15 is 0 Å². The number of sulfonamides is 1. The molecule has 0 bridgehead atoms. The van der Waals surface area contributed by atoms with Crippen LogP contribution < -0.4 is 4.72 Å². The summed E-state index contributed by atoms with van der Waals surface area (Å²) in [5, 5.41) is 0.563. The van der Waals surface area contributed by atoms with E-state index in [-0.39, 0.29) is 5.75 Å². The second kappa shape index (κ2) is 8.13. The predicted molar refractivity (Wildman–Crippen MR) is 87.0 cm³/mol. The zero-order chi connectivity index (χ0) is 15.1. The van der Waals surface area contributed by atoms with E-state index in [2.05, 4.69) is 9.62 Å². The summed E-state index contributed by atoms with van der Waals surface area (Å²) in [5.41, 5.74) is 0.714. The molecule has 21 heavy (non-hydrogen) atoms. The maximum Gasteiger partial charge on any atom is 0.215 e. The molecular formula is C15H23ClN2O2S. The average Bonchev–Trinajstić information content (AvgIpc) is 2.44. The Kier molecular flexibility index (Phi) is 6.48. The minimum Gasteiger partial charge on any atom is -0.303 e. The lowest BCUT2D eigenvalue weighted by Crippen LogP contribution is -2.33. The largest absolute Gasteiger partial charge is 0.303 e. The van der Waals surface area contributed by atoms with E-state index in [1.807, 2.05) is 0 Å². The van der Waals surface area contributed by atoms with Gasteiger partial charge in [-0.3, -0.25) is 0 Å². The van der Waals surface area contributed by atoms with Crippen molar-refractivity contribution < 1.29 is 8.42 Å². The topological polar surface area (TPSA) is 49.4 Å². The molecule has 0 atom stereocenters. The third-order valence-corrected chi connectivity index (χ3v) is 5.26. The molecule has 0 unspecified atom stereocenters. The fraction of sp³-hybridized carbons (Fsp3) is 0.600. The number of rotatable bonds is 7. The lowest BCUT2D eigenvalue weighted by atomic mass is 10.1. The molecule has 4 nitrogen and oxygen atoms in total. The number of benzene rings is 1. The van der Waals surface area contributed by atoms with Gasteiger partial charge in [0.1, 0.15) is 0 Å². The van der Waals surface area contributed by atoms with Gasteiger partial charge < -0.3 is 4.90 Å². The first-order valence-corrected chi connectivity index (χ1v) is 9.52. The highest BCUT2D eigenvalue weighted by atomic mass is 35.5. The molecule has 1 N–H and O–H groups in total. The van der Waals surface area contributed by atoms with Crippen LogP contribution in [-0.2, 0) is 15.8 Å². The van der Waals surface area contributed by atoms with Crippen molar-refractivity contribution in [2.24, 2.45) is 0 Å². The molecule has 0 aliphatic carbocycles. The molecule has 1 aromatic rings. The third kappa shape index (κ3) is 6.34. The maximum absolute atomic E-state index is 12.0. The van der Waals surface area contributed by atoms with Gasteiger partial charge in [0.05, 0.1) is 5.75 Å². The van der Waals surface area contributed by atoms with E-state index in [4.69, 9.17) is 11.6 Å². The number of hydrogen-bond donors (Lipinski definition) is 1.